The molecule has 2 atom stereocenters. The van der Waals surface area contributed by atoms with E-state index in [1.54, 1.807) is 0 Å². The first kappa shape index (κ1) is 21.1. The van der Waals surface area contributed by atoms with Crippen LogP contribution in [0.25, 0.3) is 0 Å². The van der Waals surface area contributed by atoms with Gasteiger partial charge in [-0.05, 0) is 31.8 Å². The molecule has 1 aromatic carbocycles. The normalized spacial score (nSPS) is 17.7. The third kappa shape index (κ3) is 5.89. The number of benzene rings is 1. The molecule has 0 aliphatic carbocycles. The Kier molecular flexibility index (Phi) is 7.98. The maximum atomic E-state index is 12.5. The van der Waals surface area contributed by atoms with Gasteiger partial charge in [0.25, 0.3) is 0 Å². The lowest BCUT2D eigenvalue weighted by atomic mass is 9.89. The van der Waals surface area contributed by atoms with Crippen LogP contribution in [0.1, 0.15) is 43.5 Å². The smallest absolute Gasteiger partial charge is 0.328 e. The first-order chi connectivity index (χ1) is 13.0. The van der Waals surface area contributed by atoms with E-state index < -0.39 is 12.0 Å². The van der Waals surface area contributed by atoms with E-state index in [1.165, 1.54) is 7.11 Å². The number of amides is 1. The summed E-state index contributed by atoms with van der Waals surface area (Å²) >= 11 is 0. The van der Waals surface area contributed by atoms with Crippen molar-refractivity contribution in [1.29, 1.82) is 0 Å². The second-order valence-electron chi connectivity index (χ2n) is 7.23. The second kappa shape index (κ2) is 10.2. The van der Waals surface area contributed by atoms with Gasteiger partial charge in [0.15, 0.2) is 5.78 Å². The number of carbonyl (C=O) groups excluding carboxylic acids is 3. The largest absolute Gasteiger partial charge is 0.467 e. The van der Waals surface area contributed by atoms with E-state index >= 15 is 0 Å². The van der Waals surface area contributed by atoms with Gasteiger partial charge in [0.1, 0.15) is 6.04 Å². The Hall–Kier alpha value is -2.21. The Morgan fingerprint density at radius 1 is 1.19 bits per heavy atom. The summed E-state index contributed by atoms with van der Waals surface area (Å²) in [5.41, 5.74) is 0.753. The minimum absolute atomic E-state index is 0.00893. The van der Waals surface area contributed by atoms with Gasteiger partial charge in [-0.15, -0.1) is 0 Å². The van der Waals surface area contributed by atoms with Crippen LogP contribution in [0.5, 0.6) is 0 Å². The van der Waals surface area contributed by atoms with Crippen molar-refractivity contribution in [3.63, 3.8) is 0 Å². The molecule has 0 spiro atoms. The molecule has 1 saturated heterocycles. The van der Waals surface area contributed by atoms with E-state index in [-0.39, 0.29) is 30.1 Å². The fourth-order valence-electron chi connectivity index (χ4n) is 3.41. The van der Waals surface area contributed by atoms with Crippen LogP contribution in [0, 0.1) is 11.8 Å². The molecular weight excluding hydrogens is 344 g/mol. The molecule has 0 radical (unpaired) electrons. The van der Waals surface area contributed by atoms with Gasteiger partial charge >= 0.3 is 5.97 Å². The maximum Gasteiger partial charge on any atom is 0.328 e. The van der Waals surface area contributed by atoms with E-state index in [9.17, 15) is 14.4 Å². The zero-order valence-electron chi connectivity index (χ0n) is 16.4. The Morgan fingerprint density at radius 3 is 2.37 bits per heavy atom. The molecule has 1 aromatic rings. The van der Waals surface area contributed by atoms with Gasteiger partial charge in [0.05, 0.1) is 13.7 Å². The molecule has 6 nitrogen and oxygen atoms in total. The van der Waals surface area contributed by atoms with E-state index in [0.717, 1.165) is 24.8 Å². The highest BCUT2D eigenvalue weighted by Crippen LogP contribution is 2.21. The standard InChI is InChI=1S/C21H30N2O4/c1-4-15(2)19(21(26)27-3)22-18(24)14-23-12-10-17(11-13-23)20(25)16-8-6-5-7-9-16/h5-9,15,17,19H,4,10-14H2,1-3H3,(H,22,24). The average Bonchev–Trinajstić information content (AvgIpc) is 2.71. The highest BCUT2D eigenvalue weighted by molar-refractivity contribution is 5.97. The lowest BCUT2D eigenvalue weighted by molar-refractivity contribution is -0.146. The molecule has 2 unspecified atom stereocenters. The molecule has 27 heavy (non-hydrogen) atoms. The third-order valence-electron chi connectivity index (χ3n) is 5.37. The summed E-state index contributed by atoms with van der Waals surface area (Å²) in [4.78, 5) is 38.9. The Balaban J connectivity index is 1.83. The number of ketones is 1. The number of methoxy groups -OCH3 is 1. The second-order valence-corrected chi connectivity index (χ2v) is 7.23. The molecule has 6 heteroatoms. The highest BCUT2D eigenvalue weighted by Gasteiger charge is 2.29. The molecule has 0 aromatic heterocycles. The average molecular weight is 374 g/mol. The van der Waals surface area contributed by atoms with E-state index in [0.29, 0.717) is 13.1 Å². The van der Waals surface area contributed by atoms with Gasteiger partial charge < -0.3 is 10.1 Å². The summed E-state index contributed by atoms with van der Waals surface area (Å²) in [6.45, 7) is 5.52. The topological polar surface area (TPSA) is 75.7 Å². The molecule has 1 heterocycles. The lowest BCUT2D eigenvalue weighted by Crippen LogP contribution is -2.50. The number of Topliss-reactive ketones (excluding diaryl/α,β-unsaturated/α-hetero) is 1. The molecule has 1 amide bonds. The number of nitrogens with one attached hydrogen (secondary N) is 1. The van der Waals surface area contributed by atoms with Gasteiger partial charge in [-0.2, -0.15) is 0 Å². The number of likely N-dealkylation sites (tertiary alicyclic amines) is 1. The fraction of sp³-hybridized carbons (Fsp3) is 0.571. The first-order valence-corrected chi connectivity index (χ1v) is 9.65. The van der Waals surface area contributed by atoms with Crippen molar-refractivity contribution in [2.75, 3.05) is 26.7 Å². The number of esters is 1. The molecule has 148 valence electrons. The van der Waals surface area contributed by atoms with Crippen LogP contribution in [0.4, 0.5) is 0 Å². The predicted molar refractivity (Wildman–Crippen MR) is 103 cm³/mol. The van der Waals surface area contributed by atoms with E-state index in [4.69, 9.17) is 4.74 Å². The van der Waals surface area contributed by atoms with Crippen molar-refractivity contribution < 1.29 is 19.1 Å². The number of nitrogens with zero attached hydrogens (tertiary/aromatic N) is 1. The Bertz CT molecular complexity index is 639. The van der Waals surface area contributed by atoms with Crippen LogP contribution in [0.15, 0.2) is 30.3 Å². The summed E-state index contributed by atoms with van der Waals surface area (Å²) in [6, 6.07) is 8.74. The summed E-state index contributed by atoms with van der Waals surface area (Å²) in [5.74, 6) is -0.393. The monoisotopic (exact) mass is 374 g/mol. The molecule has 1 N–H and O–H groups in total. The molecule has 2 rings (SSSR count). The predicted octanol–water partition coefficient (Wildman–Crippen LogP) is 2.29. The van der Waals surface area contributed by atoms with Crippen molar-refractivity contribution >= 4 is 17.7 Å². The van der Waals surface area contributed by atoms with Crippen molar-refractivity contribution in [1.82, 2.24) is 10.2 Å². The molecule has 1 aliphatic rings. The van der Waals surface area contributed by atoms with Crippen molar-refractivity contribution in [2.24, 2.45) is 11.8 Å². The number of carbonyl (C=O) groups is 3. The molecule has 0 saturated carbocycles. The Morgan fingerprint density at radius 2 is 1.81 bits per heavy atom. The lowest BCUT2D eigenvalue weighted by Gasteiger charge is -2.31. The van der Waals surface area contributed by atoms with E-state index in [2.05, 4.69) is 5.32 Å². The van der Waals surface area contributed by atoms with E-state index in [1.807, 2.05) is 49.1 Å². The van der Waals surface area contributed by atoms with Crippen LogP contribution in [-0.2, 0) is 14.3 Å². The fourth-order valence-corrected chi connectivity index (χ4v) is 3.41. The quantitative estimate of drug-likeness (QED) is 0.558. The van der Waals surface area contributed by atoms with Gasteiger partial charge in [0, 0.05) is 11.5 Å². The zero-order chi connectivity index (χ0) is 19.8. The van der Waals surface area contributed by atoms with Crippen molar-refractivity contribution in [3.05, 3.63) is 35.9 Å². The third-order valence-corrected chi connectivity index (χ3v) is 5.37. The summed E-state index contributed by atoms with van der Waals surface area (Å²) in [5, 5.41) is 2.80. The van der Waals surface area contributed by atoms with Crippen molar-refractivity contribution in [2.45, 2.75) is 39.2 Å². The van der Waals surface area contributed by atoms with Crippen LogP contribution >= 0.6 is 0 Å². The number of hydrogen-bond donors (Lipinski definition) is 1. The van der Waals surface area contributed by atoms with Crippen LogP contribution in [0.3, 0.4) is 0 Å². The van der Waals surface area contributed by atoms with Crippen LogP contribution in [-0.4, -0.2) is 55.3 Å². The minimum atomic E-state index is -0.621. The number of ether oxygens (including phenoxy) is 1. The summed E-state index contributed by atoms with van der Waals surface area (Å²) < 4.78 is 4.80. The number of hydrogen-bond acceptors (Lipinski definition) is 5. The minimum Gasteiger partial charge on any atom is -0.467 e. The zero-order valence-corrected chi connectivity index (χ0v) is 16.4. The van der Waals surface area contributed by atoms with Gasteiger partial charge in [-0.3, -0.25) is 14.5 Å². The summed E-state index contributed by atoms with van der Waals surface area (Å²) in [6.07, 6.45) is 2.26. The number of rotatable bonds is 8. The van der Waals surface area contributed by atoms with Crippen LogP contribution in [0.2, 0.25) is 0 Å². The summed E-state index contributed by atoms with van der Waals surface area (Å²) in [7, 11) is 1.33. The molecular formula is C21H30N2O4. The first-order valence-electron chi connectivity index (χ1n) is 9.65. The Labute approximate surface area is 161 Å². The van der Waals surface area contributed by atoms with Gasteiger partial charge in [-0.25, -0.2) is 4.79 Å². The van der Waals surface area contributed by atoms with Gasteiger partial charge in [0.2, 0.25) is 5.91 Å². The molecule has 1 fully saturated rings. The maximum absolute atomic E-state index is 12.5. The molecule has 1 aliphatic heterocycles. The SMILES string of the molecule is CCC(C)C(NC(=O)CN1CCC(C(=O)c2ccccc2)CC1)C(=O)OC. The molecule has 0 bridgehead atoms. The van der Waals surface area contributed by atoms with Crippen molar-refractivity contribution in [3.8, 4) is 0 Å². The van der Waals surface area contributed by atoms with Crippen LogP contribution < -0.4 is 5.32 Å². The highest BCUT2D eigenvalue weighted by atomic mass is 16.5. The number of piperidine rings is 1. The van der Waals surface area contributed by atoms with Gasteiger partial charge in [-0.1, -0.05) is 50.6 Å².